The van der Waals surface area contributed by atoms with Crippen molar-refractivity contribution in [3.8, 4) is 11.3 Å². The van der Waals surface area contributed by atoms with Gasteiger partial charge >= 0.3 is 5.97 Å². The molecule has 0 radical (unpaired) electrons. The maximum Gasteiger partial charge on any atom is 0.338 e. The molecule has 0 N–H and O–H groups in total. The normalized spacial score (nSPS) is 14.7. The zero-order valence-electron chi connectivity index (χ0n) is 23.2. The summed E-state index contributed by atoms with van der Waals surface area (Å²) >= 11 is 1.20. The van der Waals surface area contributed by atoms with Crippen LogP contribution in [0.15, 0.2) is 111 Å². The number of hydrogen-bond acceptors (Lipinski definition) is 8. The molecule has 0 saturated heterocycles. The van der Waals surface area contributed by atoms with Crippen molar-refractivity contribution in [3.05, 3.63) is 149 Å². The second-order valence-electron chi connectivity index (χ2n) is 9.80. The zero-order valence-corrected chi connectivity index (χ0v) is 24.0. The Morgan fingerprint density at radius 1 is 1.07 bits per heavy atom. The lowest BCUT2D eigenvalue weighted by atomic mass is 9.93. The van der Waals surface area contributed by atoms with Crippen molar-refractivity contribution in [1.82, 2.24) is 4.57 Å². The molecule has 1 aliphatic heterocycles. The number of benzene rings is 3. The number of ether oxygens (including phenoxy) is 1. The van der Waals surface area contributed by atoms with E-state index in [1.165, 1.54) is 28.0 Å². The number of esters is 1. The van der Waals surface area contributed by atoms with E-state index in [0.29, 0.717) is 37.7 Å². The fourth-order valence-electron chi connectivity index (χ4n) is 5.13. The summed E-state index contributed by atoms with van der Waals surface area (Å²) in [4.78, 5) is 43.5. The van der Waals surface area contributed by atoms with E-state index in [2.05, 4.69) is 0 Å². The number of carbonyl (C=O) groups is 1. The van der Waals surface area contributed by atoms with Gasteiger partial charge < -0.3 is 9.15 Å². The van der Waals surface area contributed by atoms with Crippen molar-refractivity contribution >= 4 is 34.8 Å². The number of carbonyl (C=O) groups excluding carboxylic acids is 1. The van der Waals surface area contributed by atoms with Crippen LogP contribution < -0.4 is 14.9 Å². The highest BCUT2D eigenvalue weighted by Crippen LogP contribution is 2.35. The largest absolute Gasteiger partial charge is 0.463 e. The van der Waals surface area contributed by atoms with Crippen molar-refractivity contribution in [3.63, 3.8) is 0 Å². The van der Waals surface area contributed by atoms with Gasteiger partial charge in [0.15, 0.2) is 4.80 Å². The van der Waals surface area contributed by atoms with Crippen LogP contribution in [0.5, 0.6) is 0 Å². The van der Waals surface area contributed by atoms with E-state index >= 15 is 0 Å². The lowest BCUT2D eigenvalue weighted by Gasteiger charge is -2.25. The predicted octanol–water partition coefficient (Wildman–Crippen LogP) is 5.41. The summed E-state index contributed by atoms with van der Waals surface area (Å²) in [7, 11) is 0. The molecule has 5 aromatic rings. The molecule has 2 aromatic heterocycles. The van der Waals surface area contributed by atoms with Crippen LogP contribution in [-0.2, 0) is 9.53 Å². The van der Waals surface area contributed by atoms with E-state index < -0.39 is 16.9 Å². The zero-order chi connectivity index (χ0) is 30.1. The van der Waals surface area contributed by atoms with Gasteiger partial charge in [0.05, 0.1) is 33.4 Å². The Kier molecular flexibility index (Phi) is 7.43. The Bertz CT molecular complexity index is 2070. The minimum atomic E-state index is -0.760. The Hall–Kier alpha value is -5.35. The van der Waals surface area contributed by atoms with Crippen molar-refractivity contribution < 1.29 is 18.9 Å². The van der Waals surface area contributed by atoms with Gasteiger partial charge in [-0.25, -0.2) is 9.79 Å². The number of fused-ring (bicyclic) bond motifs is 1. The van der Waals surface area contributed by atoms with Gasteiger partial charge in [0, 0.05) is 29.3 Å². The molecule has 0 spiro atoms. The lowest BCUT2D eigenvalue weighted by molar-refractivity contribution is -0.384. The summed E-state index contributed by atoms with van der Waals surface area (Å²) in [6.07, 6.45) is 1.65. The molecule has 9 nitrogen and oxygen atoms in total. The van der Waals surface area contributed by atoms with Crippen LogP contribution in [0.2, 0.25) is 0 Å². The first-order valence-electron chi connectivity index (χ1n) is 13.5. The second kappa shape index (κ2) is 11.5. The highest BCUT2D eigenvalue weighted by atomic mass is 32.1. The third kappa shape index (κ3) is 5.24. The van der Waals surface area contributed by atoms with Crippen LogP contribution in [0.4, 0.5) is 5.69 Å². The molecule has 43 heavy (non-hydrogen) atoms. The van der Waals surface area contributed by atoms with Crippen LogP contribution in [0.25, 0.3) is 23.1 Å². The average molecular weight is 592 g/mol. The maximum atomic E-state index is 14.0. The van der Waals surface area contributed by atoms with Crippen LogP contribution in [0.3, 0.4) is 0 Å². The Balaban J connectivity index is 1.52. The number of aromatic nitrogens is 1. The molecular formula is C33H25N3O6S. The topological polar surface area (TPSA) is 117 Å². The molecule has 3 heterocycles. The Morgan fingerprint density at radius 3 is 2.47 bits per heavy atom. The minimum Gasteiger partial charge on any atom is -0.463 e. The lowest BCUT2D eigenvalue weighted by Crippen LogP contribution is -2.39. The van der Waals surface area contributed by atoms with E-state index in [-0.39, 0.29) is 23.4 Å². The number of nitrogens with zero attached hydrogens (tertiary/aromatic N) is 3. The minimum absolute atomic E-state index is 0.000769. The molecule has 6 rings (SSSR count). The fraction of sp³-hybridized carbons (Fsp3) is 0.121. The van der Waals surface area contributed by atoms with Crippen molar-refractivity contribution in [1.29, 1.82) is 0 Å². The number of aryl methyl sites for hydroxylation is 1. The van der Waals surface area contributed by atoms with Crippen LogP contribution in [0, 0.1) is 17.0 Å². The number of hydrogen-bond donors (Lipinski definition) is 0. The molecule has 0 saturated carbocycles. The van der Waals surface area contributed by atoms with Gasteiger partial charge in [-0.3, -0.25) is 19.5 Å². The maximum absolute atomic E-state index is 14.0. The Labute approximate surface area is 249 Å². The SMILES string of the molecule is CCOC(=O)C1=C(c2ccccc2)N=c2s/c(=C\c3ccc(-c4ccc([N+](=O)[O-])cc4C)o3)c(=O)n2[C@H]1c1ccccc1. The second-order valence-corrected chi connectivity index (χ2v) is 10.8. The van der Waals surface area contributed by atoms with E-state index in [4.69, 9.17) is 14.1 Å². The first-order valence-corrected chi connectivity index (χ1v) is 14.4. The fourth-order valence-corrected chi connectivity index (χ4v) is 6.11. The summed E-state index contributed by atoms with van der Waals surface area (Å²) < 4.78 is 13.5. The van der Waals surface area contributed by atoms with Crippen molar-refractivity contribution in [2.24, 2.45) is 4.99 Å². The third-order valence-corrected chi connectivity index (χ3v) is 8.06. The van der Waals surface area contributed by atoms with Crippen LogP contribution in [-0.4, -0.2) is 22.1 Å². The predicted molar refractivity (Wildman–Crippen MR) is 163 cm³/mol. The average Bonchev–Trinajstić information content (AvgIpc) is 3.61. The van der Waals surface area contributed by atoms with E-state index in [9.17, 15) is 19.7 Å². The van der Waals surface area contributed by atoms with Gasteiger partial charge in [-0.05, 0) is 43.2 Å². The van der Waals surface area contributed by atoms with E-state index in [1.807, 2.05) is 60.7 Å². The number of nitro groups is 1. The van der Waals surface area contributed by atoms with Crippen molar-refractivity contribution in [2.45, 2.75) is 19.9 Å². The van der Waals surface area contributed by atoms with Gasteiger partial charge in [-0.2, -0.15) is 0 Å². The number of rotatable bonds is 7. The standard InChI is InChI=1S/C33H25N3O6S/c1-3-41-32(38)28-29(21-10-6-4-7-11-21)34-33-35(30(28)22-12-8-5-9-13-22)31(37)27(43-33)19-24-15-17-26(42-24)25-16-14-23(36(39)40)18-20(25)2/h4-19,30H,3H2,1-2H3/b27-19-/t30-/m0/s1. The first kappa shape index (κ1) is 27.8. The van der Waals surface area contributed by atoms with Crippen LogP contribution >= 0.6 is 11.3 Å². The van der Waals surface area contributed by atoms with Gasteiger partial charge in [0.1, 0.15) is 11.5 Å². The third-order valence-electron chi connectivity index (χ3n) is 7.08. The van der Waals surface area contributed by atoms with Gasteiger partial charge in [0.2, 0.25) is 0 Å². The molecule has 214 valence electrons. The monoisotopic (exact) mass is 591 g/mol. The summed E-state index contributed by atoms with van der Waals surface area (Å²) in [5, 5.41) is 11.1. The molecule has 0 fully saturated rings. The molecule has 1 atom stereocenters. The molecule has 0 amide bonds. The van der Waals surface area contributed by atoms with Gasteiger partial charge in [-0.15, -0.1) is 0 Å². The molecule has 0 aliphatic carbocycles. The summed E-state index contributed by atoms with van der Waals surface area (Å²) in [6.45, 7) is 3.69. The highest BCUT2D eigenvalue weighted by Gasteiger charge is 2.35. The molecule has 0 bridgehead atoms. The van der Waals surface area contributed by atoms with E-state index in [0.717, 1.165) is 11.1 Å². The highest BCUT2D eigenvalue weighted by molar-refractivity contribution is 7.07. The summed E-state index contributed by atoms with van der Waals surface area (Å²) in [6, 6.07) is 26.0. The quantitative estimate of drug-likeness (QED) is 0.142. The number of furan rings is 1. The van der Waals surface area contributed by atoms with Crippen molar-refractivity contribution in [2.75, 3.05) is 6.61 Å². The number of thiazole rings is 1. The molecule has 10 heteroatoms. The van der Waals surface area contributed by atoms with Gasteiger partial charge in [0.25, 0.3) is 11.2 Å². The van der Waals surface area contributed by atoms with Gasteiger partial charge in [-0.1, -0.05) is 72.0 Å². The summed E-state index contributed by atoms with van der Waals surface area (Å²) in [5.74, 6) is 0.411. The molecule has 0 unspecified atom stereocenters. The summed E-state index contributed by atoms with van der Waals surface area (Å²) in [5.41, 5.74) is 3.30. The number of nitro benzene ring substituents is 1. The van der Waals surface area contributed by atoms with E-state index in [1.54, 1.807) is 38.1 Å². The first-order chi connectivity index (χ1) is 20.9. The molecule has 1 aliphatic rings. The molecular weight excluding hydrogens is 566 g/mol. The Morgan fingerprint density at radius 2 is 1.79 bits per heavy atom. The smallest absolute Gasteiger partial charge is 0.338 e. The molecule has 3 aromatic carbocycles. The number of non-ortho nitro benzene ring substituents is 1. The van der Waals surface area contributed by atoms with Crippen LogP contribution in [0.1, 0.15) is 35.4 Å².